The van der Waals surface area contributed by atoms with Gasteiger partial charge in [-0.15, -0.1) is 10.2 Å². The Hall–Kier alpha value is -2.84. The van der Waals surface area contributed by atoms with Gasteiger partial charge >= 0.3 is 0 Å². The first-order valence-corrected chi connectivity index (χ1v) is 11.8. The van der Waals surface area contributed by atoms with Gasteiger partial charge in [-0.3, -0.25) is 18.6 Å². The highest BCUT2D eigenvalue weighted by Gasteiger charge is 2.18. The Morgan fingerprint density at radius 1 is 1.19 bits per heavy atom. The second kappa shape index (κ2) is 9.34. The first-order chi connectivity index (χ1) is 15.3. The molecule has 0 saturated heterocycles. The number of rotatable bonds is 7. The van der Waals surface area contributed by atoms with Crippen molar-refractivity contribution in [2.75, 3.05) is 11.1 Å². The van der Waals surface area contributed by atoms with E-state index in [1.807, 2.05) is 41.7 Å². The number of carbonyl (C=O) groups excluding carboxylic acids is 1. The molecule has 0 aliphatic carbocycles. The molecule has 9 heteroatoms. The maximum atomic E-state index is 13.1. The number of hydrogen-bond donors (Lipinski definition) is 1. The van der Waals surface area contributed by atoms with E-state index in [0.29, 0.717) is 39.5 Å². The fourth-order valence-corrected chi connectivity index (χ4v) is 4.48. The maximum absolute atomic E-state index is 13.1. The highest BCUT2D eigenvalue weighted by Crippen LogP contribution is 2.25. The second-order valence-corrected chi connectivity index (χ2v) is 9.44. The number of hydrogen-bond acceptors (Lipinski definition) is 5. The maximum Gasteiger partial charge on any atom is 0.262 e. The first-order valence-electron chi connectivity index (χ1n) is 10.4. The molecule has 0 fully saturated rings. The number of amides is 1. The van der Waals surface area contributed by atoms with Crippen molar-refractivity contribution in [3.05, 3.63) is 63.4 Å². The molecule has 2 heterocycles. The fourth-order valence-electron chi connectivity index (χ4n) is 3.45. The van der Waals surface area contributed by atoms with Crippen LogP contribution in [0.3, 0.4) is 0 Å². The minimum Gasteiger partial charge on any atom is -0.324 e. The smallest absolute Gasteiger partial charge is 0.262 e. The van der Waals surface area contributed by atoms with Crippen molar-refractivity contribution in [1.29, 1.82) is 0 Å². The van der Waals surface area contributed by atoms with Crippen molar-refractivity contribution in [2.24, 2.45) is 5.92 Å². The van der Waals surface area contributed by atoms with Crippen LogP contribution in [-0.2, 0) is 11.3 Å². The average molecular weight is 470 g/mol. The van der Waals surface area contributed by atoms with Crippen LogP contribution in [0, 0.1) is 12.8 Å². The Morgan fingerprint density at radius 2 is 1.97 bits per heavy atom. The van der Waals surface area contributed by atoms with Gasteiger partial charge in [0, 0.05) is 6.54 Å². The third kappa shape index (κ3) is 4.52. The molecule has 1 amide bonds. The predicted molar refractivity (Wildman–Crippen MR) is 130 cm³/mol. The standard InChI is InChI=1S/C23H24ClN5O2S/c1-14(2)10-11-28-21(31)16-6-4-5-7-19(16)29-22(28)26-27-23(29)32-13-20(30)25-18-9-8-15(3)12-17(18)24/h4-9,12,14H,10-11,13H2,1-3H3,(H,25,30). The number of anilines is 1. The number of halogens is 1. The molecule has 1 N–H and O–H groups in total. The van der Waals surface area contributed by atoms with Crippen LogP contribution in [0.2, 0.25) is 5.02 Å². The Bertz CT molecular complexity index is 1360. The molecule has 0 aliphatic rings. The molecule has 0 unspecified atom stereocenters. The van der Waals surface area contributed by atoms with Crippen LogP contribution in [0.5, 0.6) is 0 Å². The lowest BCUT2D eigenvalue weighted by molar-refractivity contribution is -0.113. The van der Waals surface area contributed by atoms with E-state index in [-0.39, 0.29) is 17.2 Å². The molecule has 2 aromatic heterocycles. The molecule has 0 bridgehead atoms. The van der Waals surface area contributed by atoms with Crippen LogP contribution in [0.1, 0.15) is 25.8 Å². The Labute approximate surface area is 194 Å². The SMILES string of the molecule is Cc1ccc(NC(=O)CSc2nnc3n(CCC(C)C)c(=O)c4ccccc4n23)c(Cl)c1. The normalized spacial score (nSPS) is 11.5. The number of carbonyl (C=O) groups is 1. The van der Waals surface area contributed by atoms with Crippen molar-refractivity contribution >= 4 is 51.6 Å². The van der Waals surface area contributed by atoms with Crippen molar-refractivity contribution in [3.63, 3.8) is 0 Å². The molecular weight excluding hydrogens is 446 g/mol. The van der Waals surface area contributed by atoms with E-state index in [2.05, 4.69) is 29.4 Å². The van der Waals surface area contributed by atoms with Crippen LogP contribution in [-0.4, -0.2) is 30.8 Å². The number of para-hydroxylation sites is 1. The van der Waals surface area contributed by atoms with Gasteiger partial charge < -0.3 is 5.32 Å². The third-order valence-corrected chi connectivity index (χ3v) is 6.38. The lowest BCUT2D eigenvalue weighted by Crippen LogP contribution is -2.24. The Kier molecular flexibility index (Phi) is 6.53. The predicted octanol–water partition coefficient (Wildman–Crippen LogP) is 4.78. The van der Waals surface area contributed by atoms with Crippen molar-refractivity contribution in [3.8, 4) is 0 Å². The van der Waals surface area contributed by atoms with Crippen LogP contribution < -0.4 is 10.9 Å². The minimum atomic E-state index is -0.199. The second-order valence-electron chi connectivity index (χ2n) is 8.09. The van der Waals surface area contributed by atoms with E-state index in [4.69, 9.17) is 11.6 Å². The average Bonchev–Trinajstić information content (AvgIpc) is 3.18. The van der Waals surface area contributed by atoms with Gasteiger partial charge in [0.1, 0.15) is 0 Å². The van der Waals surface area contributed by atoms with Gasteiger partial charge in [0.05, 0.1) is 27.4 Å². The molecule has 0 spiro atoms. The fraction of sp³-hybridized carbons (Fsp3) is 0.304. The largest absolute Gasteiger partial charge is 0.324 e. The molecule has 166 valence electrons. The van der Waals surface area contributed by atoms with E-state index in [1.165, 1.54) is 11.8 Å². The summed E-state index contributed by atoms with van der Waals surface area (Å²) in [6, 6.07) is 12.9. The minimum absolute atomic E-state index is 0.0792. The number of nitrogens with zero attached hydrogens (tertiary/aromatic N) is 4. The zero-order chi connectivity index (χ0) is 22.8. The number of benzene rings is 2. The summed E-state index contributed by atoms with van der Waals surface area (Å²) in [6.45, 7) is 6.73. The zero-order valence-corrected chi connectivity index (χ0v) is 19.7. The van der Waals surface area contributed by atoms with Gasteiger partial charge in [-0.05, 0) is 49.1 Å². The van der Waals surface area contributed by atoms with Crippen molar-refractivity contribution < 1.29 is 4.79 Å². The van der Waals surface area contributed by atoms with Crippen molar-refractivity contribution in [1.82, 2.24) is 19.2 Å². The molecule has 0 saturated carbocycles. The summed E-state index contributed by atoms with van der Waals surface area (Å²) < 4.78 is 3.53. The van der Waals surface area contributed by atoms with Gasteiger partial charge in [0.15, 0.2) is 5.16 Å². The molecule has 4 rings (SSSR count). The van der Waals surface area contributed by atoms with Crippen LogP contribution in [0.15, 0.2) is 52.4 Å². The first kappa shape index (κ1) is 22.4. The number of aromatic nitrogens is 4. The molecule has 32 heavy (non-hydrogen) atoms. The molecule has 7 nitrogen and oxygen atoms in total. The lowest BCUT2D eigenvalue weighted by Gasteiger charge is -2.12. The zero-order valence-electron chi connectivity index (χ0n) is 18.1. The molecule has 2 aromatic carbocycles. The van der Waals surface area contributed by atoms with E-state index in [1.54, 1.807) is 16.7 Å². The van der Waals surface area contributed by atoms with E-state index < -0.39 is 0 Å². The summed E-state index contributed by atoms with van der Waals surface area (Å²) in [6.07, 6.45) is 0.850. The molecule has 4 aromatic rings. The Balaban J connectivity index is 1.65. The summed E-state index contributed by atoms with van der Waals surface area (Å²) >= 11 is 7.49. The number of aryl methyl sites for hydroxylation is 2. The summed E-state index contributed by atoms with van der Waals surface area (Å²) in [5.41, 5.74) is 2.24. The van der Waals surface area contributed by atoms with Crippen LogP contribution >= 0.6 is 23.4 Å². The van der Waals surface area contributed by atoms with Crippen LogP contribution in [0.4, 0.5) is 5.69 Å². The lowest BCUT2D eigenvalue weighted by atomic mass is 10.1. The molecule has 0 atom stereocenters. The highest BCUT2D eigenvalue weighted by molar-refractivity contribution is 7.99. The molecule has 0 radical (unpaired) electrons. The van der Waals surface area contributed by atoms with Gasteiger partial charge in [-0.25, -0.2) is 0 Å². The highest BCUT2D eigenvalue weighted by atomic mass is 35.5. The van der Waals surface area contributed by atoms with E-state index in [0.717, 1.165) is 17.5 Å². The number of thioether (sulfide) groups is 1. The van der Waals surface area contributed by atoms with E-state index in [9.17, 15) is 9.59 Å². The Morgan fingerprint density at radius 3 is 2.72 bits per heavy atom. The molecule has 0 aliphatic heterocycles. The number of fused-ring (bicyclic) bond motifs is 3. The summed E-state index contributed by atoms with van der Waals surface area (Å²) in [7, 11) is 0. The van der Waals surface area contributed by atoms with Crippen LogP contribution in [0.25, 0.3) is 16.7 Å². The topological polar surface area (TPSA) is 81.3 Å². The number of nitrogens with one attached hydrogen (secondary N) is 1. The van der Waals surface area contributed by atoms with E-state index >= 15 is 0 Å². The monoisotopic (exact) mass is 469 g/mol. The summed E-state index contributed by atoms with van der Waals surface area (Å²) in [4.78, 5) is 25.6. The van der Waals surface area contributed by atoms with Gasteiger partial charge in [-0.1, -0.05) is 55.4 Å². The summed E-state index contributed by atoms with van der Waals surface area (Å²) in [5.74, 6) is 0.862. The van der Waals surface area contributed by atoms with Gasteiger partial charge in [-0.2, -0.15) is 0 Å². The quantitative estimate of drug-likeness (QED) is 0.394. The summed E-state index contributed by atoms with van der Waals surface area (Å²) in [5, 5.41) is 13.1. The molecular formula is C23H24ClN5O2S. The van der Waals surface area contributed by atoms with Gasteiger partial charge in [0.2, 0.25) is 11.7 Å². The van der Waals surface area contributed by atoms with Gasteiger partial charge in [0.25, 0.3) is 5.56 Å². The third-order valence-electron chi connectivity index (χ3n) is 5.14. The van der Waals surface area contributed by atoms with Crippen molar-refractivity contribution in [2.45, 2.75) is 38.9 Å².